The van der Waals surface area contributed by atoms with Gasteiger partial charge in [0.2, 0.25) is 0 Å². The summed E-state index contributed by atoms with van der Waals surface area (Å²) in [5, 5.41) is 25.5. The Balaban J connectivity index is 0.000000200. The van der Waals surface area contributed by atoms with Gasteiger partial charge >= 0.3 is 27.3 Å². The maximum atomic E-state index is 10.8. The molecule has 0 aliphatic rings. The van der Waals surface area contributed by atoms with Gasteiger partial charge in [0, 0.05) is 21.2 Å². The molecule has 0 atom stereocenters. The van der Waals surface area contributed by atoms with Gasteiger partial charge in [-0.3, -0.25) is 0 Å². The summed E-state index contributed by atoms with van der Waals surface area (Å²) < 4.78 is 0. The van der Waals surface area contributed by atoms with Crippen LogP contribution in [-0.2, 0) is 27.3 Å². The molecule has 7 heteroatoms. The van der Waals surface area contributed by atoms with E-state index >= 15 is 0 Å². The summed E-state index contributed by atoms with van der Waals surface area (Å²) in [4.78, 5) is 21.5. The number of benzene rings is 4. The fourth-order valence-corrected chi connectivity index (χ4v) is 3.19. The first-order valence-electron chi connectivity index (χ1n) is 8.16. The van der Waals surface area contributed by atoms with Crippen LogP contribution in [-0.4, -0.2) is 11.9 Å². The van der Waals surface area contributed by atoms with Crippen LogP contribution >= 0.6 is 23.2 Å². The molecule has 29 heavy (non-hydrogen) atoms. The van der Waals surface area contributed by atoms with E-state index in [0.717, 1.165) is 10.8 Å². The minimum absolute atomic E-state index is 0. The van der Waals surface area contributed by atoms with Crippen LogP contribution in [0, 0.1) is 0 Å². The number of aromatic carboxylic acids is 2. The topological polar surface area (TPSA) is 80.3 Å². The van der Waals surface area contributed by atoms with Crippen LogP contribution < -0.4 is 10.2 Å². The third kappa shape index (κ3) is 5.47. The smallest absolute Gasteiger partial charge is 0.545 e. The second-order valence-corrected chi connectivity index (χ2v) is 6.79. The van der Waals surface area contributed by atoms with E-state index in [2.05, 4.69) is 0 Å². The van der Waals surface area contributed by atoms with Crippen molar-refractivity contribution in [2.75, 3.05) is 0 Å². The Morgan fingerprint density at radius 2 is 1.00 bits per heavy atom. The maximum Gasteiger partial charge on any atom is 2.00 e. The average Bonchev–Trinajstić information content (AvgIpc) is 2.67. The largest absolute Gasteiger partial charge is 2.00 e. The van der Waals surface area contributed by atoms with Crippen LogP contribution in [0.25, 0.3) is 21.5 Å². The molecular formula is C22H12CdCl2O4. The molecule has 0 N–H and O–H groups in total. The molecule has 0 aliphatic carbocycles. The van der Waals surface area contributed by atoms with Gasteiger partial charge in [0.1, 0.15) is 0 Å². The van der Waals surface area contributed by atoms with Crippen LogP contribution in [0.4, 0.5) is 0 Å². The third-order valence-corrected chi connectivity index (χ3v) is 4.60. The number of hydrogen-bond acceptors (Lipinski definition) is 4. The molecule has 0 bridgehead atoms. The second-order valence-electron chi connectivity index (χ2n) is 5.92. The predicted molar refractivity (Wildman–Crippen MR) is 107 cm³/mol. The van der Waals surface area contributed by atoms with Crippen LogP contribution in [0.3, 0.4) is 0 Å². The van der Waals surface area contributed by atoms with Crippen molar-refractivity contribution < 1.29 is 47.1 Å². The molecule has 0 saturated heterocycles. The summed E-state index contributed by atoms with van der Waals surface area (Å²) >= 11 is 11.6. The van der Waals surface area contributed by atoms with Gasteiger partial charge in [-0.2, -0.15) is 0 Å². The van der Waals surface area contributed by atoms with Crippen molar-refractivity contribution in [3.05, 3.63) is 94.0 Å². The summed E-state index contributed by atoms with van der Waals surface area (Å²) in [6.45, 7) is 0. The number of carbonyl (C=O) groups is 2. The standard InChI is InChI=1S/2C11H7ClO2.Cd/c2*12-8-5-4-7-2-1-3-9(11(13)14)10(7)6-8;/h2*1-6H,(H,13,14);/q;;+2/p-2. The Hall–Kier alpha value is -2.16. The van der Waals surface area contributed by atoms with Crippen LogP contribution in [0.5, 0.6) is 0 Å². The Bertz CT molecular complexity index is 1110. The van der Waals surface area contributed by atoms with Crippen molar-refractivity contribution >= 4 is 56.7 Å². The van der Waals surface area contributed by atoms with E-state index in [1.807, 2.05) is 12.1 Å². The van der Waals surface area contributed by atoms with E-state index < -0.39 is 11.9 Å². The van der Waals surface area contributed by atoms with Crippen molar-refractivity contribution in [2.24, 2.45) is 0 Å². The number of carboxylic acid groups (broad SMARTS) is 2. The zero-order valence-electron chi connectivity index (χ0n) is 15.0. The second kappa shape index (κ2) is 10.0. The molecule has 0 saturated carbocycles. The van der Waals surface area contributed by atoms with Crippen molar-refractivity contribution in [2.45, 2.75) is 0 Å². The number of rotatable bonds is 2. The fourth-order valence-electron chi connectivity index (χ4n) is 2.85. The molecule has 0 amide bonds. The number of halogens is 2. The van der Waals surface area contributed by atoms with E-state index in [1.165, 1.54) is 12.1 Å². The van der Waals surface area contributed by atoms with Crippen LogP contribution in [0.15, 0.2) is 72.8 Å². The van der Waals surface area contributed by atoms with E-state index in [9.17, 15) is 19.8 Å². The zero-order valence-corrected chi connectivity index (χ0v) is 20.6. The molecule has 0 aromatic heterocycles. The fraction of sp³-hybridized carbons (Fsp3) is 0. The normalized spacial score (nSPS) is 10.0. The molecule has 4 aromatic carbocycles. The van der Waals surface area contributed by atoms with E-state index in [4.69, 9.17) is 23.2 Å². The van der Waals surface area contributed by atoms with Gasteiger partial charge in [0.15, 0.2) is 0 Å². The van der Waals surface area contributed by atoms with Gasteiger partial charge in [0.25, 0.3) is 0 Å². The van der Waals surface area contributed by atoms with E-state index in [0.29, 0.717) is 20.8 Å². The molecule has 4 nitrogen and oxygen atoms in total. The number of carbonyl (C=O) groups excluding carboxylic acids is 2. The van der Waals surface area contributed by atoms with Crippen LogP contribution in [0.2, 0.25) is 10.0 Å². The number of carboxylic acids is 2. The summed E-state index contributed by atoms with van der Waals surface area (Å²) in [6, 6.07) is 20.3. The summed E-state index contributed by atoms with van der Waals surface area (Å²) in [6.07, 6.45) is 0. The van der Waals surface area contributed by atoms with Gasteiger partial charge in [0.05, 0.1) is 11.9 Å². The van der Waals surface area contributed by atoms with Crippen LogP contribution in [0.1, 0.15) is 20.7 Å². The molecule has 0 radical (unpaired) electrons. The van der Waals surface area contributed by atoms with Gasteiger partial charge in [-0.15, -0.1) is 0 Å². The minimum atomic E-state index is -1.18. The maximum absolute atomic E-state index is 10.8. The average molecular weight is 524 g/mol. The molecule has 140 valence electrons. The Kier molecular flexibility index (Phi) is 8.01. The Morgan fingerprint density at radius 1 is 0.621 bits per heavy atom. The van der Waals surface area contributed by atoms with Crippen molar-refractivity contribution in [1.82, 2.24) is 0 Å². The zero-order chi connectivity index (χ0) is 20.3. The van der Waals surface area contributed by atoms with Gasteiger partial charge in [-0.05, 0) is 45.8 Å². The Morgan fingerprint density at radius 3 is 1.34 bits per heavy atom. The van der Waals surface area contributed by atoms with E-state index in [1.54, 1.807) is 48.5 Å². The Labute approximate surface area is 196 Å². The summed E-state index contributed by atoms with van der Waals surface area (Å²) in [7, 11) is 0. The number of hydrogen-bond donors (Lipinski definition) is 0. The first-order valence-corrected chi connectivity index (χ1v) is 8.91. The monoisotopic (exact) mass is 524 g/mol. The van der Waals surface area contributed by atoms with Gasteiger partial charge in [-0.25, -0.2) is 0 Å². The summed E-state index contributed by atoms with van der Waals surface area (Å²) in [5.74, 6) is -2.37. The third-order valence-electron chi connectivity index (χ3n) is 4.13. The molecule has 4 rings (SSSR count). The van der Waals surface area contributed by atoms with Crippen molar-refractivity contribution in [3.8, 4) is 0 Å². The predicted octanol–water partition coefficient (Wildman–Crippen LogP) is 3.71. The molecule has 4 aromatic rings. The SMILES string of the molecule is O=C([O-])c1cccc2ccc(Cl)cc12.O=C([O-])c1cccc2ccc(Cl)cc12.[Cd+2]. The molecule has 0 fully saturated rings. The molecule has 0 unspecified atom stereocenters. The summed E-state index contributed by atoms with van der Waals surface area (Å²) in [5.41, 5.74) is 0.343. The quantitative estimate of drug-likeness (QED) is 0.375. The first kappa shape index (κ1) is 23.1. The molecular weight excluding hydrogens is 512 g/mol. The van der Waals surface area contributed by atoms with Crippen molar-refractivity contribution in [1.29, 1.82) is 0 Å². The molecule has 0 aliphatic heterocycles. The molecule has 0 spiro atoms. The minimum Gasteiger partial charge on any atom is -0.545 e. The van der Waals surface area contributed by atoms with Gasteiger partial charge in [-0.1, -0.05) is 71.7 Å². The van der Waals surface area contributed by atoms with Gasteiger partial charge < -0.3 is 19.8 Å². The van der Waals surface area contributed by atoms with E-state index in [-0.39, 0.29) is 38.4 Å². The number of fused-ring (bicyclic) bond motifs is 2. The first-order chi connectivity index (χ1) is 13.4. The molecule has 0 heterocycles. The van der Waals surface area contributed by atoms with Crippen molar-refractivity contribution in [3.63, 3.8) is 0 Å².